The third kappa shape index (κ3) is 1.49. The summed E-state index contributed by atoms with van der Waals surface area (Å²) in [4.78, 5) is 23.7. The van der Waals surface area contributed by atoms with Crippen LogP contribution in [0.5, 0.6) is 0 Å². The number of esters is 1. The predicted molar refractivity (Wildman–Crippen MR) is 66.7 cm³/mol. The van der Waals surface area contributed by atoms with Crippen LogP contribution in [-0.4, -0.2) is 17.9 Å². The Balaban J connectivity index is 2.04. The molecule has 1 aliphatic heterocycles. The summed E-state index contributed by atoms with van der Waals surface area (Å²) in [5.74, 6) is 0.391. The van der Waals surface area contributed by atoms with Crippen LogP contribution >= 0.6 is 0 Å². The first-order valence-corrected chi connectivity index (χ1v) is 6.63. The molecular formula is C15H18O3. The first-order valence-electron chi connectivity index (χ1n) is 6.63. The van der Waals surface area contributed by atoms with E-state index in [9.17, 15) is 9.59 Å². The molecule has 5 atom stereocenters. The van der Waals surface area contributed by atoms with E-state index < -0.39 is 0 Å². The number of ketones is 1. The lowest BCUT2D eigenvalue weighted by Gasteiger charge is -2.20. The standard InChI is InChI=1S/C15H18O3/c1-7-4-12(16)14-8(2)5-13-11(6-10(7)14)9(3)15(17)18-13/h4,6,8-9,11,13-14H,5H2,1-3H3. The van der Waals surface area contributed by atoms with Gasteiger partial charge in [-0.2, -0.15) is 0 Å². The third-order valence-corrected chi connectivity index (χ3v) is 4.65. The van der Waals surface area contributed by atoms with Crippen molar-refractivity contribution in [3.63, 3.8) is 0 Å². The summed E-state index contributed by atoms with van der Waals surface area (Å²) < 4.78 is 5.45. The average molecular weight is 246 g/mol. The highest BCUT2D eigenvalue weighted by atomic mass is 16.6. The normalized spacial score (nSPS) is 42.7. The van der Waals surface area contributed by atoms with Crippen molar-refractivity contribution in [2.75, 3.05) is 0 Å². The summed E-state index contributed by atoms with van der Waals surface area (Å²) in [5, 5.41) is 0. The molecule has 0 aromatic carbocycles. The minimum absolute atomic E-state index is 0.0125. The monoisotopic (exact) mass is 246 g/mol. The topological polar surface area (TPSA) is 43.4 Å². The maximum Gasteiger partial charge on any atom is 0.309 e. The van der Waals surface area contributed by atoms with Crippen LogP contribution in [0.15, 0.2) is 23.3 Å². The first kappa shape index (κ1) is 11.7. The minimum Gasteiger partial charge on any atom is -0.461 e. The quantitative estimate of drug-likeness (QED) is 0.616. The van der Waals surface area contributed by atoms with Gasteiger partial charge in [-0.05, 0) is 36.5 Å². The van der Waals surface area contributed by atoms with Crippen LogP contribution in [0.25, 0.3) is 0 Å². The number of hydrogen-bond acceptors (Lipinski definition) is 3. The number of ether oxygens (including phenoxy) is 1. The lowest BCUT2D eigenvalue weighted by Crippen LogP contribution is -2.22. The Hall–Kier alpha value is -1.38. The Morgan fingerprint density at radius 2 is 2.00 bits per heavy atom. The fourth-order valence-corrected chi connectivity index (χ4v) is 3.59. The van der Waals surface area contributed by atoms with Gasteiger partial charge in [0.1, 0.15) is 6.10 Å². The zero-order valence-corrected chi connectivity index (χ0v) is 11.0. The van der Waals surface area contributed by atoms with Crippen LogP contribution < -0.4 is 0 Å². The molecular weight excluding hydrogens is 228 g/mol. The Labute approximate surface area is 107 Å². The summed E-state index contributed by atoms with van der Waals surface area (Å²) in [6.07, 6.45) is 4.63. The van der Waals surface area contributed by atoms with E-state index in [4.69, 9.17) is 4.74 Å². The van der Waals surface area contributed by atoms with Crippen molar-refractivity contribution in [1.82, 2.24) is 0 Å². The molecule has 0 N–H and O–H groups in total. The van der Waals surface area contributed by atoms with Crippen molar-refractivity contribution in [3.05, 3.63) is 23.3 Å². The molecule has 3 nitrogen and oxygen atoms in total. The predicted octanol–water partition coefficient (Wildman–Crippen LogP) is 2.28. The van der Waals surface area contributed by atoms with Gasteiger partial charge in [0, 0.05) is 11.8 Å². The van der Waals surface area contributed by atoms with E-state index in [0.717, 1.165) is 17.6 Å². The maximum absolute atomic E-state index is 12.0. The molecule has 3 rings (SSSR count). The Morgan fingerprint density at radius 1 is 1.28 bits per heavy atom. The van der Waals surface area contributed by atoms with Gasteiger partial charge in [0.05, 0.1) is 5.92 Å². The van der Waals surface area contributed by atoms with Crippen molar-refractivity contribution >= 4 is 11.8 Å². The molecule has 1 fully saturated rings. The zero-order chi connectivity index (χ0) is 13.0. The molecule has 0 spiro atoms. The molecule has 3 aliphatic rings. The summed E-state index contributed by atoms with van der Waals surface area (Å²) in [6.45, 7) is 5.99. The Morgan fingerprint density at radius 3 is 2.72 bits per heavy atom. The lowest BCUT2D eigenvalue weighted by atomic mass is 9.85. The Kier molecular flexibility index (Phi) is 2.47. The highest BCUT2D eigenvalue weighted by Crippen LogP contribution is 2.44. The van der Waals surface area contributed by atoms with E-state index in [1.807, 2.05) is 13.8 Å². The summed E-state index contributed by atoms with van der Waals surface area (Å²) in [6, 6.07) is 0. The lowest BCUT2D eigenvalue weighted by molar-refractivity contribution is -0.144. The molecule has 1 saturated heterocycles. The van der Waals surface area contributed by atoms with Gasteiger partial charge < -0.3 is 4.74 Å². The van der Waals surface area contributed by atoms with E-state index in [2.05, 4.69) is 13.0 Å². The second-order valence-electron chi connectivity index (χ2n) is 5.88. The Bertz CT molecular complexity index is 486. The first-order chi connectivity index (χ1) is 8.49. The van der Waals surface area contributed by atoms with Gasteiger partial charge in [-0.25, -0.2) is 0 Å². The molecule has 5 unspecified atom stereocenters. The van der Waals surface area contributed by atoms with E-state index in [1.54, 1.807) is 6.08 Å². The molecule has 1 heterocycles. The van der Waals surface area contributed by atoms with E-state index >= 15 is 0 Å². The largest absolute Gasteiger partial charge is 0.461 e. The molecule has 0 amide bonds. The van der Waals surface area contributed by atoms with Crippen molar-refractivity contribution in [3.8, 4) is 0 Å². The maximum atomic E-state index is 12.0. The molecule has 0 bridgehead atoms. The van der Waals surface area contributed by atoms with Crippen LogP contribution in [0.1, 0.15) is 27.2 Å². The second-order valence-corrected chi connectivity index (χ2v) is 5.88. The molecule has 0 radical (unpaired) electrons. The molecule has 3 heteroatoms. The van der Waals surface area contributed by atoms with Gasteiger partial charge in [-0.3, -0.25) is 9.59 Å². The van der Waals surface area contributed by atoms with Gasteiger partial charge in [0.2, 0.25) is 0 Å². The summed E-state index contributed by atoms with van der Waals surface area (Å²) in [7, 11) is 0. The molecule has 2 aliphatic carbocycles. The van der Waals surface area contributed by atoms with E-state index in [1.165, 1.54) is 0 Å². The summed E-state index contributed by atoms with van der Waals surface area (Å²) >= 11 is 0. The van der Waals surface area contributed by atoms with E-state index in [0.29, 0.717) is 0 Å². The zero-order valence-electron chi connectivity index (χ0n) is 11.0. The second kappa shape index (κ2) is 3.81. The number of carbonyl (C=O) groups is 2. The number of rotatable bonds is 0. The fourth-order valence-electron chi connectivity index (χ4n) is 3.59. The van der Waals surface area contributed by atoms with Crippen LogP contribution in [0.3, 0.4) is 0 Å². The van der Waals surface area contributed by atoms with Gasteiger partial charge >= 0.3 is 5.97 Å². The van der Waals surface area contributed by atoms with Crippen LogP contribution in [0.2, 0.25) is 0 Å². The average Bonchev–Trinajstić information content (AvgIpc) is 2.65. The molecule has 96 valence electrons. The molecule has 18 heavy (non-hydrogen) atoms. The van der Waals surface area contributed by atoms with Crippen LogP contribution in [-0.2, 0) is 14.3 Å². The van der Waals surface area contributed by atoms with Crippen molar-refractivity contribution in [1.29, 1.82) is 0 Å². The molecule has 0 saturated carbocycles. The van der Waals surface area contributed by atoms with Gasteiger partial charge in [0.25, 0.3) is 0 Å². The SMILES string of the molecule is CC1=CC(=O)C2C1=CC1C(CC2C)OC(=O)C1C. The highest BCUT2D eigenvalue weighted by Gasteiger charge is 2.46. The number of allylic oxidation sites excluding steroid dienone is 3. The fraction of sp³-hybridized carbons (Fsp3) is 0.600. The van der Waals surface area contributed by atoms with Gasteiger partial charge in [0.15, 0.2) is 5.78 Å². The highest BCUT2D eigenvalue weighted by molar-refractivity contribution is 6.00. The number of fused-ring (bicyclic) bond motifs is 2. The van der Waals surface area contributed by atoms with Crippen LogP contribution in [0, 0.1) is 23.7 Å². The third-order valence-electron chi connectivity index (χ3n) is 4.65. The van der Waals surface area contributed by atoms with Gasteiger partial charge in [-0.1, -0.05) is 19.9 Å². The summed E-state index contributed by atoms with van der Waals surface area (Å²) in [5.41, 5.74) is 2.19. The smallest absolute Gasteiger partial charge is 0.309 e. The van der Waals surface area contributed by atoms with Crippen molar-refractivity contribution < 1.29 is 14.3 Å². The van der Waals surface area contributed by atoms with E-state index in [-0.39, 0.29) is 41.5 Å². The molecule has 0 aromatic rings. The van der Waals surface area contributed by atoms with Crippen LogP contribution in [0.4, 0.5) is 0 Å². The number of carbonyl (C=O) groups excluding carboxylic acids is 2. The van der Waals surface area contributed by atoms with Crippen molar-refractivity contribution in [2.45, 2.75) is 33.3 Å². The molecule has 0 aromatic heterocycles. The van der Waals surface area contributed by atoms with Gasteiger partial charge in [-0.15, -0.1) is 0 Å². The number of hydrogen-bond donors (Lipinski definition) is 0. The minimum atomic E-state index is -0.0987. The van der Waals surface area contributed by atoms with Crippen molar-refractivity contribution in [2.24, 2.45) is 23.7 Å².